The molecule has 0 bridgehead atoms. The fourth-order valence-electron chi connectivity index (χ4n) is 2.54. The van der Waals surface area contributed by atoms with E-state index in [0.717, 1.165) is 27.2 Å². The van der Waals surface area contributed by atoms with E-state index in [9.17, 15) is 4.79 Å². The molecule has 0 aliphatic heterocycles. The summed E-state index contributed by atoms with van der Waals surface area (Å²) in [7, 11) is 3.63. The first kappa shape index (κ1) is 15.5. The molecule has 0 aliphatic rings. The van der Waals surface area contributed by atoms with Crippen LogP contribution in [0.25, 0.3) is 21.5 Å². The molecule has 4 aromatic rings. The average Bonchev–Trinajstić information content (AvgIpc) is 3.28. The van der Waals surface area contributed by atoms with Crippen LogP contribution < -0.4 is 5.32 Å². The molecule has 0 radical (unpaired) electrons. The summed E-state index contributed by atoms with van der Waals surface area (Å²) in [6.07, 6.45) is 5.17. The summed E-state index contributed by atoms with van der Waals surface area (Å²) < 4.78 is 7.60. The molecule has 1 amide bonds. The quantitative estimate of drug-likeness (QED) is 0.611. The Balaban J connectivity index is 1.61. The van der Waals surface area contributed by atoms with Gasteiger partial charge in [-0.15, -0.1) is 0 Å². The Hall–Kier alpha value is -3.07. The molecule has 4 heterocycles. The number of hydrogen-bond acceptors (Lipinski definition) is 6. The number of nitrogens with one attached hydrogen (secondary N) is 1. The minimum absolute atomic E-state index is 0.235. The SMILES string of the molecule is Cc1nsc2ncc(C(=O)Nc3cc(-c4cnn(C)c4)nn3C)cc12. The number of fused-ring (bicyclic) bond motifs is 1. The van der Waals surface area contributed by atoms with Gasteiger partial charge in [0.05, 0.1) is 23.1 Å². The molecule has 0 fully saturated rings. The summed E-state index contributed by atoms with van der Waals surface area (Å²) in [5, 5.41) is 12.3. The molecule has 8 nitrogen and oxygen atoms in total. The molecule has 0 atom stereocenters. The average molecular weight is 353 g/mol. The molecular formula is C16H15N7OS. The third-order valence-electron chi connectivity index (χ3n) is 3.89. The van der Waals surface area contributed by atoms with Crippen LogP contribution in [0.1, 0.15) is 16.1 Å². The van der Waals surface area contributed by atoms with E-state index in [1.807, 2.05) is 32.3 Å². The molecule has 0 spiro atoms. The molecule has 4 rings (SSSR count). The minimum atomic E-state index is -0.235. The van der Waals surface area contributed by atoms with Gasteiger partial charge in [-0.1, -0.05) is 0 Å². The third-order valence-corrected chi connectivity index (χ3v) is 4.76. The Morgan fingerprint density at radius 1 is 1.24 bits per heavy atom. The van der Waals surface area contributed by atoms with Crippen LogP contribution in [0.3, 0.4) is 0 Å². The smallest absolute Gasteiger partial charge is 0.258 e. The molecule has 0 unspecified atom stereocenters. The molecule has 25 heavy (non-hydrogen) atoms. The van der Waals surface area contributed by atoms with Gasteiger partial charge in [0.1, 0.15) is 10.6 Å². The number of aromatic nitrogens is 6. The lowest BCUT2D eigenvalue weighted by atomic mass is 10.2. The summed E-state index contributed by atoms with van der Waals surface area (Å²) in [6, 6.07) is 3.63. The summed E-state index contributed by atoms with van der Waals surface area (Å²) in [6.45, 7) is 1.91. The second-order valence-electron chi connectivity index (χ2n) is 5.74. The van der Waals surface area contributed by atoms with Crippen molar-refractivity contribution >= 4 is 33.5 Å². The van der Waals surface area contributed by atoms with E-state index >= 15 is 0 Å². The number of carbonyl (C=O) groups excluding carboxylic acids is 1. The standard InChI is InChI=1S/C16H15N7OS/c1-9-12-4-10(6-17-16(12)25-21-9)15(24)19-14-5-13(20-23(14)3)11-7-18-22(2)8-11/h4-8H,1-3H3,(H,19,24). The lowest BCUT2D eigenvalue weighted by molar-refractivity contribution is 0.102. The molecular weight excluding hydrogens is 338 g/mol. The van der Waals surface area contributed by atoms with Crippen LogP contribution in [0.2, 0.25) is 0 Å². The van der Waals surface area contributed by atoms with E-state index in [1.165, 1.54) is 11.5 Å². The second-order valence-corrected chi connectivity index (χ2v) is 6.49. The lowest BCUT2D eigenvalue weighted by Crippen LogP contribution is -2.14. The van der Waals surface area contributed by atoms with Gasteiger partial charge in [-0.3, -0.25) is 14.2 Å². The molecule has 1 N–H and O–H groups in total. The maximum atomic E-state index is 12.6. The number of hydrogen-bond donors (Lipinski definition) is 1. The Kier molecular flexibility index (Phi) is 3.57. The van der Waals surface area contributed by atoms with Crippen molar-refractivity contribution in [3.05, 3.63) is 42.0 Å². The van der Waals surface area contributed by atoms with Crippen LogP contribution in [0.4, 0.5) is 5.82 Å². The van der Waals surface area contributed by atoms with Crippen LogP contribution in [0, 0.1) is 6.92 Å². The predicted molar refractivity (Wildman–Crippen MR) is 95.5 cm³/mol. The largest absolute Gasteiger partial charge is 0.307 e. The van der Waals surface area contributed by atoms with Gasteiger partial charge >= 0.3 is 0 Å². The lowest BCUT2D eigenvalue weighted by Gasteiger charge is -2.04. The number of nitrogens with zero attached hydrogens (tertiary/aromatic N) is 6. The third kappa shape index (κ3) is 2.78. The van der Waals surface area contributed by atoms with Gasteiger partial charge in [0.15, 0.2) is 0 Å². The van der Waals surface area contributed by atoms with Crippen molar-refractivity contribution < 1.29 is 4.79 Å². The first-order chi connectivity index (χ1) is 12.0. The first-order valence-corrected chi connectivity index (χ1v) is 8.35. The van der Waals surface area contributed by atoms with Crippen molar-refractivity contribution in [3.63, 3.8) is 0 Å². The van der Waals surface area contributed by atoms with E-state index in [4.69, 9.17) is 0 Å². The summed E-state index contributed by atoms with van der Waals surface area (Å²) in [5.74, 6) is 0.366. The highest BCUT2D eigenvalue weighted by Gasteiger charge is 2.14. The van der Waals surface area contributed by atoms with Crippen LogP contribution in [-0.2, 0) is 14.1 Å². The second kappa shape index (κ2) is 5.78. The van der Waals surface area contributed by atoms with E-state index in [0.29, 0.717) is 11.4 Å². The van der Waals surface area contributed by atoms with Crippen molar-refractivity contribution in [2.45, 2.75) is 6.92 Å². The van der Waals surface area contributed by atoms with Crippen molar-refractivity contribution in [2.24, 2.45) is 14.1 Å². The van der Waals surface area contributed by atoms with Gasteiger partial charge in [-0.25, -0.2) is 4.98 Å². The van der Waals surface area contributed by atoms with Crippen molar-refractivity contribution in [2.75, 3.05) is 5.32 Å². The van der Waals surface area contributed by atoms with Crippen LogP contribution in [-0.4, -0.2) is 34.8 Å². The Morgan fingerprint density at radius 2 is 2.08 bits per heavy atom. The zero-order valence-corrected chi connectivity index (χ0v) is 14.7. The fraction of sp³-hybridized carbons (Fsp3) is 0.188. The van der Waals surface area contributed by atoms with Crippen molar-refractivity contribution in [1.82, 2.24) is 28.9 Å². The summed E-state index contributed by atoms with van der Waals surface area (Å²) >= 11 is 1.33. The van der Waals surface area contributed by atoms with E-state index in [2.05, 4.69) is 24.9 Å². The topological polar surface area (TPSA) is 90.5 Å². The van der Waals surface area contributed by atoms with E-state index in [-0.39, 0.29) is 5.91 Å². The van der Waals surface area contributed by atoms with Gasteiger partial charge < -0.3 is 5.32 Å². The van der Waals surface area contributed by atoms with Crippen molar-refractivity contribution in [3.8, 4) is 11.3 Å². The number of aryl methyl sites for hydroxylation is 3. The normalized spacial score (nSPS) is 11.2. The Morgan fingerprint density at radius 3 is 2.84 bits per heavy atom. The van der Waals surface area contributed by atoms with Gasteiger partial charge in [0.25, 0.3) is 5.91 Å². The Labute approximate surface area is 147 Å². The zero-order chi connectivity index (χ0) is 17.6. The van der Waals surface area contributed by atoms with E-state index < -0.39 is 0 Å². The minimum Gasteiger partial charge on any atom is -0.307 e. The van der Waals surface area contributed by atoms with E-state index in [1.54, 1.807) is 28.8 Å². The molecule has 9 heteroatoms. The maximum absolute atomic E-state index is 12.6. The highest BCUT2D eigenvalue weighted by atomic mass is 32.1. The molecule has 126 valence electrons. The van der Waals surface area contributed by atoms with Gasteiger partial charge in [-0.05, 0) is 24.5 Å². The zero-order valence-electron chi connectivity index (χ0n) is 13.9. The maximum Gasteiger partial charge on any atom is 0.258 e. The predicted octanol–water partition coefficient (Wildman–Crippen LogP) is 2.39. The molecule has 4 aromatic heterocycles. The summed E-state index contributed by atoms with van der Waals surface area (Å²) in [5.41, 5.74) is 3.00. The summed E-state index contributed by atoms with van der Waals surface area (Å²) in [4.78, 5) is 17.7. The molecule has 0 aromatic carbocycles. The highest BCUT2D eigenvalue weighted by Crippen LogP contribution is 2.23. The number of anilines is 1. The molecule has 0 saturated carbocycles. The van der Waals surface area contributed by atoms with Gasteiger partial charge in [-0.2, -0.15) is 14.6 Å². The fourth-order valence-corrected chi connectivity index (χ4v) is 3.26. The number of rotatable bonds is 3. The first-order valence-electron chi connectivity index (χ1n) is 7.57. The highest BCUT2D eigenvalue weighted by molar-refractivity contribution is 7.12. The number of pyridine rings is 1. The number of carbonyl (C=O) groups is 1. The van der Waals surface area contributed by atoms with Crippen LogP contribution in [0.15, 0.2) is 30.7 Å². The van der Waals surface area contributed by atoms with Crippen LogP contribution in [0.5, 0.6) is 0 Å². The van der Waals surface area contributed by atoms with Crippen LogP contribution >= 0.6 is 11.5 Å². The van der Waals surface area contributed by atoms with Gasteiger partial charge in [0, 0.05) is 43.5 Å². The Bertz CT molecular complexity index is 1090. The molecule has 0 aliphatic carbocycles. The van der Waals surface area contributed by atoms with Crippen molar-refractivity contribution in [1.29, 1.82) is 0 Å². The van der Waals surface area contributed by atoms with Gasteiger partial charge in [0.2, 0.25) is 0 Å². The monoisotopic (exact) mass is 353 g/mol. The number of amides is 1. The molecule has 0 saturated heterocycles.